The number of hydrogen-bond acceptors (Lipinski definition) is 5. The van der Waals surface area contributed by atoms with E-state index >= 15 is 0 Å². The molecule has 0 fully saturated rings. The van der Waals surface area contributed by atoms with Crippen LogP contribution in [0.3, 0.4) is 0 Å². The molecule has 0 saturated heterocycles. The molecule has 3 N–H and O–H groups in total. The van der Waals surface area contributed by atoms with E-state index in [0.717, 1.165) is 34.4 Å². The Kier molecular flexibility index (Phi) is 6.17. The molecule has 7 heteroatoms. The van der Waals surface area contributed by atoms with Crippen LogP contribution in [0.1, 0.15) is 34.3 Å². The number of carbonyl (C=O) groups excluding carboxylic acids is 1. The highest BCUT2D eigenvalue weighted by molar-refractivity contribution is 5.79. The lowest BCUT2D eigenvalue weighted by atomic mass is 9.98. The minimum Gasteiger partial charge on any atom is -0.449 e. The molecule has 3 aromatic carbocycles. The number of nitriles is 1. The van der Waals surface area contributed by atoms with Gasteiger partial charge in [0.2, 0.25) is 0 Å². The van der Waals surface area contributed by atoms with Crippen LogP contribution in [-0.4, -0.2) is 35.6 Å². The SMILES string of the molecule is N#Cc1ccc(F)c(C(O)C(O)CNC(=O)OCC2c3ccccc3-c3ccccc32)c1. The van der Waals surface area contributed by atoms with E-state index in [9.17, 15) is 19.4 Å². The van der Waals surface area contributed by atoms with Crippen LogP contribution in [-0.2, 0) is 4.74 Å². The Bertz CT molecular complexity index is 1150. The van der Waals surface area contributed by atoms with E-state index in [1.165, 1.54) is 6.07 Å². The summed E-state index contributed by atoms with van der Waals surface area (Å²) in [4.78, 5) is 12.2. The number of hydrogen-bond donors (Lipinski definition) is 3. The highest BCUT2D eigenvalue weighted by Crippen LogP contribution is 2.44. The number of halogens is 1. The van der Waals surface area contributed by atoms with Gasteiger partial charge in [-0.2, -0.15) is 5.26 Å². The molecule has 0 bridgehead atoms. The molecule has 1 aliphatic carbocycles. The molecule has 2 atom stereocenters. The molecule has 0 saturated carbocycles. The first-order valence-corrected chi connectivity index (χ1v) is 10.1. The summed E-state index contributed by atoms with van der Waals surface area (Å²) >= 11 is 0. The van der Waals surface area contributed by atoms with Gasteiger partial charge in [-0.15, -0.1) is 0 Å². The lowest BCUT2D eigenvalue weighted by Gasteiger charge is -2.20. The van der Waals surface area contributed by atoms with Crippen LogP contribution in [0.15, 0.2) is 66.7 Å². The Morgan fingerprint density at radius 2 is 1.69 bits per heavy atom. The maximum absolute atomic E-state index is 14.0. The Morgan fingerprint density at radius 3 is 2.31 bits per heavy atom. The van der Waals surface area contributed by atoms with Gasteiger partial charge in [0.05, 0.1) is 11.6 Å². The number of benzene rings is 3. The summed E-state index contributed by atoms with van der Waals surface area (Å²) in [5.41, 5.74) is 4.30. The zero-order valence-electron chi connectivity index (χ0n) is 17.0. The van der Waals surface area contributed by atoms with Crippen LogP contribution in [0.5, 0.6) is 0 Å². The van der Waals surface area contributed by atoms with E-state index in [0.29, 0.717) is 0 Å². The van der Waals surface area contributed by atoms with Crippen molar-refractivity contribution < 1.29 is 24.1 Å². The van der Waals surface area contributed by atoms with Crippen molar-refractivity contribution in [1.82, 2.24) is 5.32 Å². The summed E-state index contributed by atoms with van der Waals surface area (Å²) in [6, 6.07) is 21.2. The summed E-state index contributed by atoms with van der Waals surface area (Å²) in [6.07, 6.45) is -3.86. The van der Waals surface area contributed by atoms with Crippen LogP contribution >= 0.6 is 0 Å². The molecular weight excluding hydrogens is 411 g/mol. The number of ether oxygens (including phenoxy) is 1. The third-order valence-corrected chi connectivity index (χ3v) is 5.61. The maximum atomic E-state index is 14.0. The van der Waals surface area contributed by atoms with Crippen LogP contribution in [0.25, 0.3) is 11.1 Å². The number of alkyl carbamates (subject to hydrolysis) is 1. The molecule has 0 aliphatic heterocycles. The highest BCUT2D eigenvalue weighted by Gasteiger charge is 2.29. The molecule has 0 radical (unpaired) electrons. The van der Waals surface area contributed by atoms with Crippen LogP contribution < -0.4 is 5.32 Å². The quantitative estimate of drug-likeness (QED) is 0.552. The topological polar surface area (TPSA) is 103 Å². The first-order valence-electron chi connectivity index (χ1n) is 10.1. The van der Waals surface area contributed by atoms with E-state index in [1.54, 1.807) is 0 Å². The van der Waals surface area contributed by atoms with Crippen molar-refractivity contribution in [2.45, 2.75) is 18.1 Å². The van der Waals surface area contributed by atoms with Crippen molar-refractivity contribution >= 4 is 6.09 Å². The molecule has 3 aromatic rings. The second-order valence-corrected chi connectivity index (χ2v) is 7.57. The fourth-order valence-corrected chi connectivity index (χ4v) is 4.00. The second kappa shape index (κ2) is 9.18. The molecule has 4 rings (SSSR count). The minimum absolute atomic E-state index is 0.105. The van der Waals surface area contributed by atoms with E-state index in [1.807, 2.05) is 54.6 Å². The van der Waals surface area contributed by atoms with Crippen molar-refractivity contribution in [3.05, 3.63) is 94.8 Å². The van der Waals surface area contributed by atoms with Gasteiger partial charge in [0, 0.05) is 18.0 Å². The third-order valence-electron chi connectivity index (χ3n) is 5.61. The second-order valence-electron chi connectivity index (χ2n) is 7.57. The molecule has 0 heterocycles. The van der Waals surface area contributed by atoms with Gasteiger partial charge in [0.1, 0.15) is 24.6 Å². The Balaban J connectivity index is 1.36. The summed E-state index contributed by atoms with van der Waals surface area (Å²) in [6.45, 7) is -0.245. The summed E-state index contributed by atoms with van der Waals surface area (Å²) in [5.74, 6) is -0.858. The number of fused-ring (bicyclic) bond motifs is 3. The lowest BCUT2D eigenvalue weighted by Crippen LogP contribution is -2.36. The zero-order chi connectivity index (χ0) is 22.7. The molecule has 0 aromatic heterocycles. The third kappa shape index (κ3) is 4.19. The first-order chi connectivity index (χ1) is 15.5. The van der Waals surface area contributed by atoms with Crippen LogP contribution in [0.2, 0.25) is 0 Å². The van der Waals surface area contributed by atoms with Crippen molar-refractivity contribution in [3.63, 3.8) is 0 Å². The minimum atomic E-state index is -1.61. The molecule has 2 unspecified atom stereocenters. The molecular formula is C25H21FN2O4. The Morgan fingerprint density at radius 1 is 1.06 bits per heavy atom. The fraction of sp³-hybridized carbons (Fsp3) is 0.200. The van der Waals surface area contributed by atoms with E-state index in [4.69, 9.17) is 10.00 Å². The average Bonchev–Trinajstić information content (AvgIpc) is 3.14. The van der Waals surface area contributed by atoms with Crippen molar-refractivity contribution in [2.24, 2.45) is 0 Å². The van der Waals surface area contributed by atoms with Gasteiger partial charge in [-0.3, -0.25) is 0 Å². The van der Waals surface area contributed by atoms with Gasteiger partial charge in [-0.05, 0) is 40.5 Å². The predicted octanol–water partition coefficient (Wildman–Crippen LogP) is 3.63. The largest absolute Gasteiger partial charge is 0.449 e. The molecule has 0 spiro atoms. The average molecular weight is 432 g/mol. The molecule has 6 nitrogen and oxygen atoms in total. The number of carbonyl (C=O) groups is 1. The molecule has 1 amide bonds. The monoisotopic (exact) mass is 432 g/mol. The van der Waals surface area contributed by atoms with Crippen molar-refractivity contribution in [1.29, 1.82) is 5.26 Å². The van der Waals surface area contributed by atoms with Gasteiger partial charge in [0.15, 0.2) is 0 Å². The van der Waals surface area contributed by atoms with Crippen LogP contribution in [0, 0.1) is 17.1 Å². The zero-order valence-corrected chi connectivity index (χ0v) is 17.0. The lowest BCUT2D eigenvalue weighted by molar-refractivity contribution is 0.0165. The fourth-order valence-electron chi connectivity index (χ4n) is 4.00. The maximum Gasteiger partial charge on any atom is 0.407 e. The number of aliphatic hydroxyl groups excluding tert-OH is 2. The number of nitrogens with zero attached hydrogens (tertiary/aromatic N) is 1. The van der Waals surface area contributed by atoms with Crippen molar-refractivity contribution in [2.75, 3.05) is 13.2 Å². The van der Waals surface area contributed by atoms with Crippen LogP contribution in [0.4, 0.5) is 9.18 Å². The summed E-state index contributed by atoms with van der Waals surface area (Å²) < 4.78 is 19.3. The smallest absolute Gasteiger partial charge is 0.407 e. The van der Waals surface area contributed by atoms with Gasteiger partial charge >= 0.3 is 6.09 Å². The van der Waals surface area contributed by atoms with Crippen molar-refractivity contribution in [3.8, 4) is 17.2 Å². The molecule has 32 heavy (non-hydrogen) atoms. The summed E-state index contributed by atoms with van der Waals surface area (Å²) in [7, 11) is 0. The number of rotatable bonds is 6. The number of nitrogens with one attached hydrogen (secondary N) is 1. The van der Waals surface area contributed by atoms with E-state index in [2.05, 4.69) is 5.32 Å². The predicted molar refractivity (Wildman–Crippen MR) is 115 cm³/mol. The Labute approximate surface area is 184 Å². The number of amides is 1. The van der Waals surface area contributed by atoms with E-state index < -0.39 is 24.1 Å². The van der Waals surface area contributed by atoms with Gasteiger partial charge in [-0.25, -0.2) is 9.18 Å². The standard InChI is InChI=1S/C25H21FN2O4/c26-22-10-9-15(12-27)11-20(22)24(30)23(29)13-28-25(31)32-14-21-18-7-3-1-5-16(18)17-6-2-4-8-19(17)21/h1-11,21,23-24,29-30H,13-14H2,(H,28,31). The van der Waals surface area contributed by atoms with Gasteiger partial charge in [0.25, 0.3) is 0 Å². The number of aliphatic hydroxyl groups is 2. The van der Waals surface area contributed by atoms with Gasteiger partial charge in [-0.1, -0.05) is 48.5 Å². The Hall–Kier alpha value is -3.73. The molecule has 162 valence electrons. The normalized spacial score (nSPS) is 14.1. The highest BCUT2D eigenvalue weighted by atomic mass is 19.1. The first kappa shape index (κ1) is 21.5. The van der Waals surface area contributed by atoms with E-state index in [-0.39, 0.29) is 30.2 Å². The van der Waals surface area contributed by atoms with Gasteiger partial charge < -0.3 is 20.3 Å². The molecule has 1 aliphatic rings. The summed E-state index contributed by atoms with van der Waals surface area (Å²) in [5, 5.41) is 31.7.